The predicted molar refractivity (Wildman–Crippen MR) is 94.7 cm³/mol. The second-order valence-corrected chi connectivity index (χ2v) is 6.53. The van der Waals surface area contributed by atoms with E-state index in [1.54, 1.807) is 0 Å². The summed E-state index contributed by atoms with van der Waals surface area (Å²) in [5.74, 6) is -1.12. The lowest BCUT2D eigenvalue weighted by atomic mass is 10.2. The van der Waals surface area contributed by atoms with Crippen molar-refractivity contribution in [2.24, 2.45) is 0 Å². The van der Waals surface area contributed by atoms with Gasteiger partial charge < -0.3 is 9.63 Å². The van der Waals surface area contributed by atoms with Gasteiger partial charge in [0.1, 0.15) is 0 Å². The van der Waals surface area contributed by atoms with Gasteiger partial charge >= 0.3 is 19.8 Å². The molecule has 0 spiro atoms. The lowest BCUT2D eigenvalue weighted by Gasteiger charge is -2.12. The maximum atomic E-state index is 11.7. The summed E-state index contributed by atoms with van der Waals surface area (Å²) in [7, 11) is -4.02. The van der Waals surface area contributed by atoms with Gasteiger partial charge in [0.15, 0.2) is 0 Å². The van der Waals surface area contributed by atoms with Crippen molar-refractivity contribution in [1.29, 1.82) is 0 Å². The molecule has 0 unspecified atom stereocenters. The minimum atomic E-state index is -4.02. The Balaban J connectivity index is 0.000000412. The molecular formula is C18H21O7P. The second-order valence-electron chi connectivity index (χ2n) is 5.07. The van der Waals surface area contributed by atoms with Crippen molar-refractivity contribution in [3.63, 3.8) is 0 Å². The summed E-state index contributed by atoms with van der Waals surface area (Å²) in [5, 5.41) is 0. The van der Waals surface area contributed by atoms with Crippen molar-refractivity contribution in [2.45, 2.75) is 27.1 Å². The zero-order chi connectivity index (χ0) is 19.4. The number of phosphoric acid groups is 1. The third-order valence-electron chi connectivity index (χ3n) is 2.76. The van der Waals surface area contributed by atoms with Crippen LogP contribution in [0.1, 0.15) is 25.0 Å². The Morgan fingerprint density at radius 1 is 0.808 bits per heavy atom. The van der Waals surface area contributed by atoms with Gasteiger partial charge in [0.2, 0.25) is 0 Å². The molecule has 0 heterocycles. The molecule has 2 aromatic rings. The quantitative estimate of drug-likeness (QED) is 0.464. The van der Waals surface area contributed by atoms with Crippen LogP contribution in [0.5, 0.6) is 0 Å². The van der Waals surface area contributed by atoms with Crippen LogP contribution in [0.3, 0.4) is 0 Å². The van der Waals surface area contributed by atoms with Crippen LogP contribution in [0.25, 0.3) is 0 Å². The molecule has 2 rings (SSSR count). The first-order valence-corrected chi connectivity index (χ1v) is 9.17. The van der Waals surface area contributed by atoms with Crippen LogP contribution < -0.4 is 0 Å². The van der Waals surface area contributed by atoms with E-state index in [9.17, 15) is 19.0 Å². The molecule has 26 heavy (non-hydrogen) atoms. The molecule has 0 bridgehead atoms. The molecule has 0 radical (unpaired) electrons. The fraction of sp³-hybridized carbons (Fsp3) is 0.222. The molecular weight excluding hydrogens is 359 g/mol. The van der Waals surface area contributed by atoms with E-state index in [0.717, 1.165) is 11.1 Å². The van der Waals surface area contributed by atoms with Crippen LogP contribution in [0, 0.1) is 0 Å². The normalized spacial score (nSPS) is 10.4. The number of esters is 2. The third-order valence-corrected chi connectivity index (χ3v) is 3.67. The molecule has 0 amide bonds. The summed E-state index contributed by atoms with van der Waals surface area (Å²) in [6, 6.07) is 18.4. The summed E-state index contributed by atoms with van der Waals surface area (Å²) in [6.07, 6.45) is 0. The van der Waals surface area contributed by atoms with Gasteiger partial charge in [-0.15, -0.1) is 0 Å². The van der Waals surface area contributed by atoms with Crippen LogP contribution in [0.2, 0.25) is 0 Å². The van der Waals surface area contributed by atoms with Crippen LogP contribution in [-0.2, 0) is 41.2 Å². The fourth-order valence-corrected chi connectivity index (χ4v) is 2.40. The lowest BCUT2D eigenvalue weighted by Crippen LogP contribution is -2.03. The van der Waals surface area contributed by atoms with E-state index >= 15 is 0 Å². The largest absolute Gasteiger partial charge is 0.472 e. The SMILES string of the molecule is CC(=O)OC(C)=O.O=P(O)(OCc1ccccc1)OCc1ccccc1. The summed E-state index contributed by atoms with van der Waals surface area (Å²) < 4.78 is 25.5. The van der Waals surface area contributed by atoms with Crippen molar-refractivity contribution in [1.82, 2.24) is 0 Å². The molecule has 0 aliphatic heterocycles. The van der Waals surface area contributed by atoms with Crippen molar-refractivity contribution < 1.29 is 32.8 Å². The first kappa shape index (κ1) is 21.7. The van der Waals surface area contributed by atoms with Crippen molar-refractivity contribution in [2.75, 3.05) is 0 Å². The Bertz CT molecular complexity index is 672. The number of rotatable bonds is 6. The molecule has 0 atom stereocenters. The number of phosphoric ester groups is 1. The van der Waals surface area contributed by atoms with Gasteiger partial charge in [-0.1, -0.05) is 60.7 Å². The fourth-order valence-electron chi connectivity index (χ4n) is 1.70. The lowest BCUT2D eigenvalue weighted by molar-refractivity contribution is -0.156. The topological polar surface area (TPSA) is 99.1 Å². The minimum Gasteiger partial charge on any atom is -0.394 e. The summed E-state index contributed by atoms with van der Waals surface area (Å²) >= 11 is 0. The number of carbonyl (C=O) groups excluding carboxylic acids is 2. The van der Waals surface area contributed by atoms with E-state index in [-0.39, 0.29) is 13.2 Å². The van der Waals surface area contributed by atoms with E-state index in [1.165, 1.54) is 13.8 Å². The van der Waals surface area contributed by atoms with Gasteiger partial charge in [0, 0.05) is 13.8 Å². The molecule has 0 aromatic heterocycles. The van der Waals surface area contributed by atoms with Gasteiger partial charge in [0.05, 0.1) is 13.2 Å². The molecule has 0 aliphatic rings. The van der Waals surface area contributed by atoms with Crippen molar-refractivity contribution in [3.05, 3.63) is 71.8 Å². The van der Waals surface area contributed by atoms with Crippen LogP contribution in [-0.4, -0.2) is 16.8 Å². The van der Waals surface area contributed by atoms with Crippen molar-refractivity contribution in [3.8, 4) is 0 Å². The zero-order valence-electron chi connectivity index (χ0n) is 14.5. The molecule has 7 nitrogen and oxygen atoms in total. The van der Waals surface area contributed by atoms with E-state index < -0.39 is 19.8 Å². The van der Waals surface area contributed by atoms with Crippen molar-refractivity contribution >= 4 is 19.8 Å². The minimum absolute atomic E-state index is 0.0450. The molecule has 0 fully saturated rings. The van der Waals surface area contributed by atoms with E-state index in [0.29, 0.717) is 0 Å². The molecule has 0 saturated heterocycles. The zero-order valence-corrected chi connectivity index (χ0v) is 15.4. The monoisotopic (exact) mass is 380 g/mol. The van der Waals surface area contributed by atoms with Crippen LogP contribution in [0.4, 0.5) is 0 Å². The smallest absolute Gasteiger partial charge is 0.394 e. The van der Waals surface area contributed by atoms with Gasteiger partial charge in [-0.25, -0.2) is 4.57 Å². The van der Waals surface area contributed by atoms with Crippen LogP contribution in [0.15, 0.2) is 60.7 Å². The molecule has 0 saturated carbocycles. The number of hydrogen-bond acceptors (Lipinski definition) is 6. The first-order chi connectivity index (χ1) is 12.3. The third kappa shape index (κ3) is 10.5. The summed E-state index contributed by atoms with van der Waals surface area (Å²) in [5.41, 5.74) is 1.64. The number of benzene rings is 2. The van der Waals surface area contributed by atoms with Gasteiger partial charge in [-0.2, -0.15) is 0 Å². The Hall–Kier alpha value is -2.31. The summed E-state index contributed by atoms with van der Waals surface area (Å²) in [6.45, 7) is 2.45. The number of carbonyl (C=O) groups is 2. The van der Waals surface area contributed by atoms with E-state index in [4.69, 9.17) is 9.05 Å². The molecule has 2 aromatic carbocycles. The highest BCUT2D eigenvalue weighted by Crippen LogP contribution is 2.44. The maximum absolute atomic E-state index is 11.7. The standard InChI is InChI=1S/C14H15O4P.C4H6O3/c15-19(16,17-11-13-7-3-1-4-8-13)18-12-14-9-5-2-6-10-14;1-3(5)7-4(2)6/h1-10H,11-12H2,(H,15,16);1-2H3. The highest BCUT2D eigenvalue weighted by Gasteiger charge is 2.20. The Morgan fingerprint density at radius 2 is 1.15 bits per heavy atom. The number of hydrogen-bond donors (Lipinski definition) is 1. The average molecular weight is 380 g/mol. The molecule has 8 heteroatoms. The molecule has 0 aliphatic carbocycles. The summed E-state index contributed by atoms with van der Waals surface area (Å²) in [4.78, 5) is 29.2. The van der Waals surface area contributed by atoms with Gasteiger partial charge in [-0.3, -0.25) is 18.6 Å². The highest BCUT2D eigenvalue weighted by atomic mass is 31.2. The predicted octanol–water partition coefficient (Wildman–Crippen LogP) is 3.62. The second kappa shape index (κ2) is 11.3. The maximum Gasteiger partial charge on any atom is 0.472 e. The van der Waals surface area contributed by atoms with E-state index in [2.05, 4.69) is 4.74 Å². The average Bonchev–Trinajstić information content (AvgIpc) is 2.60. The Kier molecular flexibility index (Phi) is 9.47. The van der Waals surface area contributed by atoms with Crippen LogP contribution >= 0.6 is 7.82 Å². The van der Waals surface area contributed by atoms with E-state index in [1.807, 2.05) is 60.7 Å². The molecule has 1 N–H and O–H groups in total. The Morgan fingerprint density at radius 3 is 1.42 bits per heavy atom. The molecule has 140 valence electrons. The number of ether oxygens (including phenoxy) is 1. The van der Waals surface area contributed by atoms with Gasteiger partial charge in [0.25, 0.3) is 0 Å². The van der Waals surface area contributed by atoms with Gasteiger partial charge in [-0.05, 0) is 11.1 Å². The first-order valence-electron chi connectivity index (χ1n) is 7.67. The highest BCUT2D eigenvalue weighted by molar-refractivity contribution is 7.47. The Labute approximate surface area is 152 Å².